The molecule has 0 bridgehead atoms. The molecule has 26 heavy (non-hydrogen) atoms. The van der Waals surface area contributed by atoms with Crippen molar-refractivity contribution in [1.29, 1.82) is 0 Å². The van der Waals surface area contributed by atoms with E-state index in [0.717, 1.165) is 35.2 Å². The van der Waals surface area contributed by atoms with E-state index in [2.05, 4.69) is 17.2 Å². The third kappa shape index (κ3) is 3.35. The standard InChI is InChI=1S/C19H21N3O3S/c1-4-9-22-14-8-6-5-7-13(14)10-15(22)17(23)20-12(3)18-21-11(2)16(26-18)19(24)25/h5-8,10,12H,4,9H2,1-3H3,(H,20,23)(H,24,25). The summed E-state index contributed by atoms with van der Waals surface area (Å²) < 4.78 is 2.02. The van der Waals surface area contributed by atoms with Gasteiger partial charge in [0.2, 0.25) is 0 Å². The summed E-state index contributed by atoms with van der Waals surface area (Å²) in [6.45, 7) is 6.31. The van der Waals surface area contributed by atoms with E-state index >= 15 is 0 Å². The third-order valence-electron chi connectivity index (χ3n) is 4.22. The second-order valence-corrected chi connectivity index (χ2v) is 7.24. The van der Waals surface area contributed by atoms with Crippen LogP contribution in [0.2, 0.25) is 0 Å². The smallest absolute Gasteiger partial charge is 0.347 e. The number of nitrogens with zero attached hydrogens (tertiary/aromatic N) is 2. The van der Waals surface area contributed by atoms with Crippen molar-refractivity contribution in [2.45, 2.75) is 39.8 Å². The summed E-state index contributed by atoms with van der Waals surface area (Å²) >= 11 is 1.10. The SMILES string of the molecule is CCCn1c(C(=O)NC(C)c2nc(C)c(C(=O)O)s2)cc2ccccc21. The van der Waals surface area contributed by atoms with Crippen molar-refractivity contribution in [2.24, 2.45) is 0 Å². The van der Waals surface area contributed by atoms with E-state index < -0.39 is 5.97 Å². The number of aromatic carboxylic acids is 1. The zero-order valence-corrected chi connectivity index (χ0v) is 15.8. The number of fused-ring (bicyclic) bond motifs is 1. The summed E-state index contributed by atoms with van der Waals surface area (Å²) in [4.78, 5) is 28.6. The van der Waals surface area contributed by atoms with Crippen LogP contribution in [0.25, 0.3) is 10.9 Å². The Morgan fingerprint density at radius 3 is 2.73 bits per heavy atom. The first-order chi connectivity index (χ1) is 12.4. The molecule has 1 unspecified atom stereocenters. The topological polar surface area (TPSA) is 84.2 Å². The first-order valence-corrected chi connectivity index (χ1v) is 9.33. The summed E-state index contributed by atoms with van der Waals surface area (Å²) in [6, 6.07) is 9.44. The zero-order chi connectivity index (χ0) is 18.8. The number of carbonyl (C=O) groups is 2. The van der Waals surface area contributed by atoms with Crippen molar-refractivity contribution >= 4 is 34.1 Å². The number of carboxylic acids is 1. The molecule has 0 aliphatic carbocycles. The number of benzene rings is 1. The second-order valence-electron chi connectivity index (χ2n) is 6.21. The summed E-state index contributed by atoms with van der Waals surface area (Å²) in [5.74, 6) is -1.18. The van der Waals surface area contributed by atoms with Crippen molar-refractivity contribution in [1.82, 2.24) is 14.9 Å². The molecule has 3 aromatic rings. The Balaban J connectivity index is 1.88. The van der Waals surface area contributed by atoms with Crippen molar-refractivity contribution in [3.05, 3.63) is 51.6 Å². The Hall–Kier alpha value is -2.67. The number of carbonyl (C=O) groups excluding carboxylic acids is 1. The summed E-state index contributed by atoms with van der Waals surface area (Å²) in [5.41, 5.74) is 2.11. The first-order valence-electron chi connectivity index (χ1n) is 8.52. The van der Waals surface area contributed by atoms with Gasteiger partial charge in [-0.2, -0.15) is 0 Å². The van der Waals surface area contributed by atoms with E-state index in [1.807, 2.05) is 41.8 Å². The number of thiazole rings is 1. The molecule has 0 saturated heterocycles. The summed E-state index contributed by atoms with van der Waals surface area (Å²) in [7, 11) is 0. The van der Waals surface area contributed by atoms with Crippen LogP contribution in [0.4, 0.5) is 0 Å². The number of hydrogen-bond acceptors (Lipinski definition) is 4. The van der Waals surface area contributed by atoms with Crippen molar-refractivity contribution in [3.63, 3.8) is 0 Å². The molecule has 1 amide bonds. The molecule has 0 spiro atoms. The molecule has 6 nitrogen and oxygen atoms in total. The molecular weight excluding hydrogens is 350 g/mol. The number of aromatic nitrogens is 2. The predicted octanol–water partition coefficient (Wildman–Crippen LogP) is 4.01. The van der Waals surface area contributed by atoms with Crippen LogP contribution in [0.1, 0.15) is 57.2 Å². The van der Waals surface area contributed by atoms with Crippen molar-refractivity contribution in [3.8, 4) is 0 Å². The number of para-hydroxylation sites is 1. The van der Waals surface area contributed by atoms with E-state index in [-0.39, 0.29) is 16.8 Å². The van der Waals surface area contributed by atoms with Gasteiger partial charge in [-0.15, -0.1) is 11.3 Å². The minimum atomic E-state index is -0.993. The van der Waals surface area contributed by atoms with Gasteiger partial charge in [-0.25, -0.2) is 9.78 Å². The van der Waals surface area contributed by atoms with E-state index in [1.54, 1.807) is 6.92 Å². The molecule has 136 valence electrons. The lowest BCUT2D eigenvalue weighted by molar-refractivity contribution is 0.0701. The fourth-order valence-corrected chi connectivity index (χ4v) is 3.90. The molecule has 7 heteroatoms. The predicted molar refractivity (Wildman–Crippen MR) is 102 cm³/mol. The molecule has 0 saturated carbocycles. The molecule has 2 heterocycles. The van der Waals surface area contributed by atoms with E-state index in [9.17, 15) is 14.7 Å². The molecule has 2 aromatic heterocycles. The maximum Gasteiger partial charge on any atom is 0.347 e. The van der Waals surface area contributed by atoms with Crippen LogP contribution in [0.15, 0.2) is 30.3 Å². The molecule has 3 rings (SSSR count). The van der Waals surface area contributed by atoms with Crippen LogP contribution >= 0.6 is 11.3 Å². The highest BCUT2D eigenvalue weighted by molar-refractivity contribution is 7.13. The Labute approximate surface area is 155 Å². The molecule has 1 aromatic carbocycles. The second kappa shape index (κ2) is 7.29. The maximum absolute atomic E-state index is 12.8. The summed E-state index contributed by atoms with van der Waals surface area (Å²) in [5, 5.41) is 13.7. The van der Waals surface area contributed by atoms with Crippen LogP contribution in [-0.2, 0) is 6.54 Å². The van der Waals surface area contributed by atoms with Gasteiger partial charge in [0.05, 0.1) is 11.7 Å². The lowest BCUT2D eigenvalue weighted by Crippen LogP contribution is -2.28. The van der Waals surface area contributed by atoms with Gasteiger partial charge in [0.15, 0.2) is 0 Å². The van der Waals surface area contributed by atoms with Crippen LogP contribution in [-0.4, -0.2) is 26.5 Å². The Kier molecular flexibility index (Phi) is 5.08. The number of rotatable bonds is 6. The highest BCUT2D eigenvalue weighted by atomic mass is 32.1. The Morgan fingerprint density at radius 2 is 2.08 bits per heavy atom. The highest BCUT2D eigenvalue weighted by Gasteiger charge is 2.21. The molecule has 0 aliphatic heterocycles. The minimum Gasteiger partial charge on any atom is -0.477 e. The van der Waals surface area contributed by atoms with Gasteiger partial charge in [-0.3, -0.25) is 4.79 Å². The highest BCUT2D eigenvalue weighted by Crippen LogP contribution is 2.25. The van der Waals surface area contributed by atoms with Gasteiger partial charge < -0.3 is 15.0 Å². The molecular formula is C19H21N3O3S. The molecule has 1 atom stereocenters. The van der Waals surface area contributed by atoms with Gasteiger partial charge in [0, 0.05) is 17.4 Å². The number of carboxylic acid groups (broad SMARTS) is 1. The van der Waals surface area contributed by atoms with Gasteiger partial charge in [0.25, 0.3) is 5.91 Å². The fourth-order valence-electron chi connectivity index (χ4n) is 3.00. The normalized spacial score (nSPS) is 12.3. The quantitative estimate of drug-likeness (QED) is 0.686. The Bertz CT molecular complexity index is 974. The van der Waals surface area contributed by atoms with Crippen LogP contribution in [0, 0.1) is 6.92 Å². The van der Waals surface area contributed by atoms with Crippen molar-refractivity contribution in [2.75, 3.05) is 0 Å². The maximum atomic E-state index is 12.8. The van der Waals surface area contributed by atoms with Gasteiger partial charge in [-0.05, 0) is 32.4 Å². The number of hydrogen-bond donors (Lipinski definition) is 2. The van der Waals surface area contributed by atoms with Gasteiger partial charge in [-0.1, -0.05) is 25.1 Å². The molecule has 0 radical (unpaired) electrons. The number of amides is 1. The monoisotopic (exact) mass is 371 g/mol. The van der Waals surface area contributed by atoms with Crippen LogP contribution < -0.4 is 5.32 Å². The number of nitrogens with one attached hydrogen (secondary N) is 1. The largest absolute Gasteiger partial charge is 0.477 e. The van der Waals surface area contributed by atoms with Crippen molar-refractivity contribution < 1.29 is 14.7 Å². The lowest BCUT2D eigenvalue weighted by Gasteiger charge is -2.13. The third-order valence-corrected chi connectivity index (χ3v) is 5.54. The summed E-state index contributed by atoms with van der Waals surface area (Å²) in [6.07, 6.45) is 0.919. The average molecular weight is 371 g/mol. The lowest BCUT2D eigenvalue weighted by atomic mass is 10.2. The average Bonchev–Trinajstić information content (AvgIpc) is 3.17. The minimum absolute atomic E-state index is 0.188. The molecule has 2 N–H and O–H groups in total. The molecule has 0 aliphatic rings. The zero-order valence-electron chi connectivity index (χ0n) is 14.9. The van der Waals surface area contributed by atoms with Crippen LogP contribution in [0.5, 0.6) is 0 Å². The first kappa shape index (κ1) is 18.1. The van der Waals surface area contributed by atoms with E-state index in [1.165, 1.54) is 0 Å². The van der Waals surface area contributed by atoms with Gasteiger partial charge in [0.1, 0.15) is 15.6 Å². The van der Waals surface area contributed by atoms with E-state index in [0.29, 0.717) is 16.4 Å². The fraction of sp³-hybridized carbons (Fsp3) is 0.316. The van der Waals surface area contributed by atoms with Crippen LogP contribution in [0.3, 0.4) is 0 Å². The number of aryl methyl sites for hydroxylation is 2. The Morgan fingerprint density at radius 1 is 1.35 bits per heavy atom. The van der Waals surface area contributed by atoms with E-state index in [4.69, 9.17) is 0 Å². The molecule has 0 fully saturated rings. The van der Waals surface area contributed by atoms with Gasteiger partial charge >= 0.3 is 5.97 Å².